The highest BCUT2D eigenvalue weighted by Gasteiger charge is 2.11. The van der Waals surface area contributed by atoms with Gasteiger partial charge in [-0.15, -0.1) is 0 Å². The average Bonchev–Trinajstić information content (AvgIpc) is 2.53. The second-order valence-corrected chi connectivity index (χ2v) is 4.33. The van der Waals surface area contributed by atoms with Crippen LogP contribution in [0.3, 0.4) is 0 Å². The summed E-state index contributed by atoms with van der Waals surface area (Å²) in [5, 5.41) is 9.13. The van der Waals surface area contributed by atoms with Crippen LogP contribution in [0.25, 0.3) is 11.1 Å². The van der Waals surface area contributed by atoms with Crippen molar-refractivity contribution in [3.63, 3.8) is 0 Å². The zero-order valence-electron chi connectivity index (χ0n) is 11.6. The Balaban J connectivity index is 2.53. The van der Waals surface area contributed by atoms with Crippen LogP contribution in [-0.4, -0.2) is 31.3 Å². The first kappa shape index (κ1) is 14.6. The number of rotatable bonds is 4. The van der Waals surface area contributed by atoms with E-state index in [2.05, 4.69) is 4.74 Å². The lowest BCUT2D eigenvalue weighted by Gasteiger charge is -2.08. The molecule has 0 amide bonds. The molecule has 2 rings (SSSR count). The second-order valence-electron chi connectivity index (χ2n) is 4.33. The summed E-state index contributed by atoms with van der Waals surface area (Å²) in [4.78, 5) is 22.7. The van der Waals surface area contributed by atoms with Gasteiger partial charge in [-0.3, -0.25) is 0 Å². The first-order chi connectivity index (χ1) is 10.0. The fourth-order valence-electron chi connectivity index (χ4n) is 1.95. The maximum Gasteiger partial charge on any atom is 0.337 e. The molecule has 0 saturated carbocycles. The number of hydrogen-bond donors (Lipinski definition) is 1. The zero-order chi connectivity index (χ0) is 15.4. The van der Waals surface area contributed by atoms with Crippen LogP contribution in [0.5, 0.6) is 5.75 Å². The molecule has 0 fully saturated rings. The summed E-state index contributed by atoms with van der Waals surface area (Å²) < 4.78 is 9.79. The van der Waals surface area contributed by atoms with E-state index in [4.69, 9.17) is 9.84 Å². The summed E-state index contributed by atoms with van der Waals surface area (Å²) >= 11 is 0. The number of aromatic carboxylic acids is 1. The van der Waals surface area contributed by atoms with Crippen LogP contribution in [-0.2, 0) is 4.74 Å². The van der Waals surface area contributed by atoms with E-state index in [9.17, 15) is 9.59 Å². The van der Waals surface area contributed by atoms with E-state index >= 15 is 0 Å². The van der Waals surface area contributed by atoms with E-state index in [1.807, 2.05) is 0 Å². The highest BCUT2D eigenvalue weighted by molar-refractivity contribution is 5.92. The Hall–Kier alpha value is -2.82. The molecule has 21 heavy (non-hydrogen) atoms. The van der Waals surface area contributed by atoms with Crippen LogP contribution >= 0.6 is 0 Å². The fraction of sp³-hybridized carbons (Fsp3) is 0.125. The molecule has 0 aliphatic carbocycles. The third kappa shape index (κ3) is 3.20. The molecule has 0 aliphatic rings. The lowest BCUT2D eigenvalue weighted by Crippen LogP contribution is -2.01. The van der Waals surface area contributed by atoms with Gasteiger partial charge in [0.1, 0.15) is 5.75 Å². The van der Waals surface area contributed by atoms with Gasteiger partial charge in [0.2, 0.25) is 0 Å². The number of esters is 1. The number of hydrogen-bond acceptors (Lipinski definition) is 4. The van der Waals surface area contributed by atoms with Gasteiger partial charge in [0.15, 0.2) is 0 Å². The van der Waals surface area contributed by atoms with Crippen LogP contribution in [0, 0.1) is 0 Å². The van der Waals surface area contributed by atoms with Crippen molar-refractivity contribution in [2.75, 3.05) is 14.2 Å². The van der Waals surface area contributed by atoms with Crippen LogP contribution < -0.4 is 4.74 Å². The number of methoxy groups -OCH3 is 2. The summed E-state index contributed by atoms with van der Waals surface area (Å²) in [7, 11) is 2.78. The van der Waals surface area contributed by atoms with E-state index < -0.39 is 11.9 Å². The molecule has 0 aromatic heterocycles. The molecule has 2 aromatic carbocycles. The highest BCUT2D eigenvalue weighted by Crippen LogP contribution is 2.27. The molecule has 0 atom stereocenters. The summed E-state index contributed by atoms with van der Waals surface area (Å²) in [5.74, 6) is -1.05. The third-order valence-corrected chi connectivity index (χ3v) is 3.01. The second kappa shape index (κ2) is 6.09. The molecular weight excluding hydrogens is 272 g/mol. The van der Waals surface area contributed by atoms with Crippen molar-refractivity contribution in [3.05, 3.63) is 53.6 Å². The molecule has 108 valence electrons. The summed E-state index contributed by atoms with van der Waals surface area (Å²) in [6, 6.07) is 11.5. The highest BCUT2D eigenvalue weighted by atomic mass is 16.5. The molecule has 0 aliphatic heterocycles. The molecule has 0 bridgehead atoms. The molecule has 0 radical (unpaired) electrons. The first-order valence-corrected chi connectivity index (χ1v) is 6.16. The van der Waals surface area contributed by atoms with Crippen LogP contribution in [0.15, 0.2) is 42.5 Å². The molecule has 0 spiro atoms. The van der Waals surface area contributed by atoms with Gasteiger partial charge in [-0.05, 0) is 41.5 Å². The molecule has 0 unspecified atom stereocenters. The Bertz CT molecular complexity index is 691. The van der Waals surface area contributed by atoms with E-state index in [1.165, 1.54) is 26.4 Å². The van der Waals surface area contributed by atoms with Crippen molar-refractivity contribution in [2.45, 2.75) is 0 Å². The molecule has 1 N–H and O–H groups in total. The van der Waals surface area contributed by atoms with E-state index in [1.54, 1.807) is 30.3 Å². The minimum atomic E-state index is -1.04. The standard InChI is InChI=1S/C16H14O5/c1-20-14-8-12(7-13(9-14)15(17)18)10-4-3-5-11(6-10)16(19)21-2/h3-9H,1-2H3,(H,17,18). The van der Waals surface area contributed by atoms with Gasteiger partial charge >= 0.3 is 11.9 Å². The Morgan fingerprint density at radius 2 is 1.67 bits per heavy atom. The molecule has 2 aromatic rings. The Kier molecular flexibility index (Phi) is 4.23. The van der Waals surface area contributed by atoms with Gasteiger partial charge in [0, 0.05) is 0 Å². The normalized spacial score (nSPS) is 10.0. The van der Waals surface area contributed by atoms with Gasteiger partial charge in [-0.1, -0.05) is 12.1 Å². The minimum Gasteiger partial charge on any atom is -0.497 e. The predicted octanol–water partition coefficient (Wildman–Crippen LogP) is 2.85. The fourth-order valence-corrected chi connectivity index (χ4v) is 1.95. The first-order valence-electron chi connectivity index (χ1n) is 6.16. The molecule has 5 nitrogen and oxygen atoms in total. The number of carboxylic acid groups (broad SMARTS) is 1. The maximum absolute atomic E-state index is 11.6. The molecule has 5 heteroatoms. The topological polar surface area (TPSA) is 72.8 Å². The van der Waals surface area contributed by atoms with Gasteiger partial charge in [0.25, 0.3) is 0 Å². The van der Waals surface area contributed by atoms with Crippen LogP contribution in [0.2, 0.25) is 0 Å². The predicted molar refractivity (Wildman–Crippen MR) is 76.7 cm³/mol. The minimum absolute atomic E-state index is 0.118. The lowest BCUT2D eigenvalue weighted by molar-refractivity contribution is 0.0600. The number of carboxylic acids is 1. The van der Waals surface area contributed by atoms with Crippen molar-refractivity contribution < 1.29 is 24.2 Å². The van der Waals surface area contributed by atoms with Gasteiger partial charge in [0.05, 0.1) is 25.3 Å². The number of ether oxygens (including phenoxy) is 2. The van der Waals surface area contributed by atoms with Crippen molar-refractivity contribution in [2.24, 2.45) is 0 Å². The van der Waals surface area contributed by atoms with E-state index in [0.29, 0.717) is 22.4 Å². The SMILES string of the molecule is COC(=O)c1cccc(-c2cc(OC)cc(C(=O)O)c2)c1. The third-order valence-electron chi connectivity index (χ3n) is 3.01. The van der Waals surface area contributed by atoms with Crippen molar-refractivity contribution >= 4 is 11.9 Å². The quantitative estimate of drug-likeness (QED) is 0.875. The van der Waals surface area contributed by atoms with E-state index in [-0.39, 0.29) is 5.56 Å². The lowest BCUT2D eigenvalue weighted by atomic mass is 10.0. The van der Waals surface area contributed by atoms with Crippen LogP contribution in [0.1, 0.15) is 20.7 Å². The Morgan fingerprint density at radius 3 is 2.29 bits per heavy atom. The van der Waals surface area contributed by atoms with Crippen molar-refractivity contribution in [1.29, 1.82) is 0 Å². The number of carbonyl (C=O) groups excluding carboxylic acids is 1. The monoisotopic (exact) mass is 286 g/mol. The zero-order valence-corrected chi connectivity index (χ0v) is 11.6. The maximum atomic E-state index is 11.6. The van der Waals surface area contributed by atoms with Crippen molar-refractivity contribution in [1.82, 2.24) is 0 Å². The largest absolute Gasteiger partial charge is 0.497 e. The summed E-state index contributed by atoms with van der Waals surface area (Å²) in [5.41, 5.74) is 1.87. The van der Waals surface area contributed by atoms with Gasteiger partial charge < -0.3 is 14.6 Å². The summed E-state index contributed by atoms with van der Waals surface area (Å²) in [6.07, 6.45) is 0. The number of carbonyl (C=O) groups is 2. The van der Waals surface area contributed by atoms with Crippen molar-refractivity contribution in [3.8, 4) is 16.9 Å². The molecular formula is C16H14O5. The smallest absolute Gasteiger partial charge is 0.337 e. The number of benzene rings is 2. The average molecular weight is 286 g/mol. The summed E-state index contributed by atoms with van der Waals surface area (Å²) in [6.45, 7) is 0. The van der Waals surface area contributed by atoms with Crippen LogP contribution in [0.4, 0.5) is 0 Å². The van der Waals surface area contributed by atoms with Gasteiger partial charge in [-0.25, -0.2) is 9.59 Å². The molecule has 0 heterocycles. The van der Waals surface area contributed by atoms with E-state index in [0.717, 1.165) is 0 Å². The molecule has 0 saturated heterocycles. The Morgan fingerprint density at radius 1 is 0.952 bits per heavy atom. The van der Waals surface area contributed by atoms with Gasteiger partial charge in [-0.2, -0.15) is 0 Å². The Labute approximate surface area is 121 Å².